The van der Waals surface area contributed by atoms with Crippen LogP contribution in [-0.4, -0.2) is 29.2 Å². The molecule has 0 saturated carbocycles. The number of nitrogens with zero attached hydrogens (tertiary/aromatic N) is 2. The van der Waals surface area contributed by atoms with Crippen molar-refractivity contribution in [2.75, 3.05) is 0 Å². The molecule has 92 valence electrons. The van der Waals surface area contributed by atoms with Gasteiger partial charge in [-0.2, -0.15) is 8.42 Å². The van der Waals surface area contributed by atoms with Crippen molar-refractivity contribution in [3.8, 4) is 0 Å². The van der Waals surface area contributed by atoms with E-state index >= 15 is 0 Å². The lowest BCUT2D eigenvalue weighted by atomic mass is 10.0. The van der Waals surface area contributed by atoms with Crippen LogP contribution in [-0.2, 0) is 10.3 Å². The van der Waals surface area contributed by atoms with Crippen molar-refractivity contribution >= 4 is 26.6 Å². The molecular weight excluding hydrogens is 254 g/mol. The fraction of sp³-hybridized carbons (Fsp3) is 0.0909. The van der Waals surface area contributed by atoms with Gasteiger partial charge in [-0.15, -0.1) is 0 Å². The Hall–Kier alpha value is -2.28. The van der Waals surface area contributed by atoms with E-state index in [1.807, 2.05) is 0 Å². The molecule has 18 heavy (non-hydrogen) atoms. The molecule has 6 nitrogen and oxygen atoms in total. The molecular formula is C11H9N3O3S. The van der Waals surface area contributed by atoms with E-state index in [-0.39, 0.29) is 17.0 Å². The van der Waals surface area contributed by atoms with Crippen LogP contribution in [0.3, 0.4) is 0 Å². The molecule has 0 unspecified atom stereocenters. The van der Waals surface area contributed by atoms with Crippen molar-refractivity contribution in [1.82, 2.24) is 9.97 Å². The lowest BCUT2D eigenvalue weighted by Crippen LogP contribution is -2.16. The zero-order valence-corrected chi connectivity index (χ0v) is 10.0. The van der Waals surface area contributed by atoms with E-state index in [1.165, 1.54) is 18.5 Å². The fourth-order valence-corrected chi connectivity index (χ4v) is 1.96. The van der Waals surface area contributed by atoms with E-state index in [4.69, 9.17) is 5.73 Å². The van der Waals surface area contributed by atoms with Gasteiger partial charge < -0.3 is 5.73 Å². The molecule has 0 saturated heterocycles. The van der Waals surface area contributed by atoms with E-state index in [0.717, 1.165) is 0 Å². The van der Waals surface area contributed by atoms with Crippen molar-refractivity contribution in [2.45, 2.75) is 6.42 Å². The maximum absolute atomic E-state index is 11.2. The van der Waals surface area contributed by atoms with Gasteiger partial charge in [0, 0.05) is 18.8 Å². The number of nitrogens with two attached hydrogens (primary N) is 1. The maximum Gasteiger partial charge on any atom is 0.269 e. The summed E-state index contributed by atoms with van der Waals surface area (Å²) >= 11 is 0. The first kappa shape index (κ1) is 12.2. The minimum absolute atomic E-state index is 0.0695. The number of carbonyl (C=O) groups excluding carboxylic acids is 1. The molecule has 0 bridgehead atoms. The number of carbonyl (C=O) groups is 1. The standard InChI is InChI=1S/C11H9N3O3S/c12-11(15)10-9(13-5-6-14-10)7-1-3-8(4-2-7)18(16)17/h1-3,5-6H,4H2,(H2,12,15). The van der Waals surface area contributed by atoms with Crippen LogP contribution in [0.15, 0.2) is 30.6 Å². The molecule has 0 spiro atoms. The third-order valence-electron chi connectivity index (χ3n) is 2.39. The number of rotatable bonds is 2. The van der Waals surface area contributed by atoms with Crippen LogP contribution in [0.1, 0.15) is 22.6 Å². The highest BCUT2D eigenvalue weighted by Gasteiger charge is 2.15. The van der Waals surface area contributed by atoms with Gasteiger partial charge >= 0.3 is 0 Å². The molecule has 1 aliphatic carbocycles. The minimum atomic E-state index is -2.23. The monoisotopic (exact) mass is 263 g/mol. The summed E-state index contributed by atoms with van der Waals surface area (Å²) in [5, 5.41) is 0. The fourth-order valence-electron chi connectivity index (χ4n) is 1.56. The highest BCUT2D eigenvalue weighted by molar-refractivity contribution is 7.73. The third kappa shape index (κ3) is 2.35. The number of allylic oxidation sites excluding steroid dienone is 4. The molecule has 1 amide bonds. The minimum Gasteiger partial charge on any atom is -0.364 e. The van der Waals surface area contributed by atoms with Gasteiger partial charge in [0.05, 0.1) is 4.86 Å². The average Bonchev–Trinajstić information content (AvgIpc) is 2.39. The van der Waals surface area contributed by atoms with Gasteiger partial charge in [-0.1, -0.05) is 12.2 Å². The Labute approximate surface area is 104 Å². The molecule has 1 aliphatic rings. The largest absolute Gasteiger partial charge is 0.364 e. The highest BCUT2D eigenvalue weighted by atomic mass is 32.2. The number of hydrogen-bond acceptors (Lipinski definition) is 5. The van der Waals surface area contributed by atoms with Crippen molar-refractivity contribution in [2.24, 2.45) is 5.73 Å². The van der Waals surface area contributed by atoms with E-state index in [9.17, 15) is 13.2 Å². The normalized spacial score (nSPS) is 14.2. The van der Waals surface area contributed by atoms with Crippen LogP contribution in [0.4, 0.5) is 0 Å². The molecule has 2 rings (SSSR count). The summed E-state index contributed by atoms with van der Waals surface area (Å²) in [5.74, 6) is -0.672. The molecule has 2 N–H and O–H groups in total. The van der Waals surface area contributed by atoms with Gasteiger partial charge in [-0.05, 0) is 11.6 Å². The lowest BCUT2D eigenvalue weighted by molar-refractivity contribution is 0.0995. The summed E-state index contributed by atoms with van der Waals surface area (Å²) in [5.41, 5.74) is 6.26. The summed E-state index contributed by atoms with van der Waals surface area (Å²) < 4.78 is 21.5. The van der Waals surface area contributed by atoms with Crippen LogP contribution in [0.2, 0.25) is 0 Å². The van der Waals surface area contributed by atoms with Crippen LogP contribution in [0.25, 0.3) is 5.57 Å². The van der Waals surface area contributed by atoms with Gasteiger partial charge in [0.1, 0.15) is 5.69 Å². The zero-order chi connectivity index (χ0) is 13.1. The Morgan fingerprint density at radius 2 is 1.94 bits per heavy atom. The number of primary amides is 1. The first-order valence-corrected chi connectivity index (χ1v) is 6.11. The Morgan fingerprint density at radius 1 is 1.22 bits per heavy atom. The number of amides is 1. The molecule has 0 aromatic carbocycles. The van der Waals surface area contributed by atoms with Crippen LogP contribution in [0.5, 0.6) is 0 Å². The molecule has 1 aromatic heterocycles. The Morgan fingerprint density at radius 3 is 2.50 bits per heavy atom. The van der Waals surface area contributed by atoms with Crippen molar-refractivity contribution < 1.29 is 13.2 Å². The second-order valence-corrected chi connectivity index (χ2v) is 4.51. The number of hydrogen-bond donors (Lipinski definition) is 1. The van der Waals surface area contributed by atoms with E-state index in [1.54, 1.807) is 12.2 Å². The van der Waals surface area contributed by atoms with Gasteiger partial charge in [-0.25, -0.2) is 4.98 Å². The number of aromatic nitrogens is 2. The highest BCUT2D eigenvalue weighted by Crippen LogP contribution is 2.20. The van der Waals surface area contributed by atoms with Crippen LogP contribution >= 0.6 is 0 Å². The summed E-state index contributed by atoms with van der Waals surface area (Å²) in [4.78, 5) is 19.4. The molecule has 1 heterocycles. The predicted octanol–water partition coefficient (Wildman–Crippen LogP) is -0.0297. The van der Waals surface area contributed by atoms with E-state index in [0.29, 0.717) is 11.3 Å². The Bertz CT molecular complexity index is 694. The first-order chi connectivity index (χ1) is 8.59. The quantitative estimate of drug-likeness (QED) is 0.755. The van der Waals surface area contributed by atoms with Crippen molar-refractivity contribution in [1.29, 1.82) is 0 Å². The molecule has 7 heteroatoms. The van der Waals surface area contributed by atoms with Gasteiger partial charge in [0.2, 0.25) is 10.3 Å². The topological polar surface area (TPSA) is 103 Å². The van der Waals surface area contributed by atoms with Gasteiger partial charge in [0.25, 0.3) is 5.91 Å². The summed E-state index contributed by atoms with van der Waals surface area (Å²) in [6.07, 6.45) is 7.80. The lowest BCUT2D eigenvalue weighted by Gasteiger charge is -2.08. The predicted molar refractivity (Wildman–Crippen MR) is 66.2 cm³/mol. The smallest absolute Gasteiger partial charge is 0.269 e. The first-order valence-electron chi connectivity index (χ1n) is 5.04. The maximum atomic E-state index is 11.2. The summed E-state index contributed by atoms with van der Waals surface area (Å²) in [7, 11) is -2.23. The van der Waals surface area contributed by atoms with E-state index < -0.39 is 16.2 Å². The zero-order valence-electron chi connectivity index (χ0n) is 9.20. The second kappa shape index (κ2) is 4.92. The molecule has 1 aromatic rings. The second-order valence-electron chi connectivity index (χ2n) is 3.52. The Balaban J connectivity index is 2.45. The molecule has 0 atom stereocenters. The SMILES string of the molecule is NC(=O)c1nccnc1C1=CCC(=S(=O)=O)C=C1. The van der Waals surface area contributed by atoms with Crippen LogP contribution in [0, 0.1) is 0 Å². The van der Waals surface area contributed by atoms with E-state index in [2.05, 4.69) is 9.97 Å². The summed E-state index contributed by atoms with van der Waals surface area (Å²) in [6, 6.07) is 0. The van der Waals surface area contributed by atoms with Crippen LogP contribution < -0.4 is 5.73 Å². The summed E-state index contributed by atoms with van der Waals surface area (Å²) in [6.45, 7) is 0. The van der Waals surface area contributed by atoms with Gasteiger partial charge in [-0.3, -0.25) is 9.78 Å². The molecule has 0 radical (unpaired) electrons. The molecule has 0 aliphatic heterocycles. The van der Waals surface area contributed by atoms with Crippen molar-refractivity contribution in [3.63, 3.8) is 0 Å². The molecule has 0 fully saturated rings. The van der Waals surface area contributed by atoms with Crippen molar-refractivity contribution in [3.05, 3.63) is 42.0 Å². The average molecular weight is 263 g/mol. The Kier molecular flexibility index (Phi) is 3.33. The van der Waals surface area contributed by atoms with Gasteiger partial charge in [0.15, 0.2) is 5.69 Å². The third-order valence-corrected chi connectivity index (χ3v) is 3.12.